The maximum absolute atomic E-state index is 13.3. The normalized spacial score (nSPS) is 17.2. The second kappa shape index (κ2) is 9.74. The van der Waals surface area contributed by atoms with E-state index in [4.69, 9.17) is 11.6 Å². The number of amides is 2. The molecule has 2 aliphatic rings. The molecule has 0 N–H and O–H groups in total. The van der Waals surface area contributed by atoms with Gasteiger partial charge in [-0.05, 0) is 37.1 Å². The summed E-state index contributed by atoms with van der Waals surface area (Å²) in [5.74, 6) is -0.855. The Labute approximate surface area is 195 Å². The van der Waals surface area contributed by atoms with E-state index in [0.717, 1.165) is 6.07 Å². The molecule has 8 nitrogen and oxygen atoms in total. The zero-order valence-electron chi connectivity index (χ0n) is 18.0. The van der Waals surface area contributed by atoms with Gasteiger partial charge in [0, 0.05) is 51.3 Å². The van der Waals surface area contributed by atoms with Crippen LogP contribution in [0.5, 0.6) is 0 Å². The summed E-state index contributed by atoms with van der Waals surface area (Å²) in [5.41, 5.74) is 0.907. The predicted molar refractivity (Wildman–Crippen MR) is 122 cm³/mol. The van der Waals surface area contributed by atoms with E-state index in [9.17, 15) is 24.1 Å². The Balaban J connectivity index is 1.31. The molecule has 2 fully saturated rings. The Morgan fingerprint density at radius 3 is 2.24 bits per heavy atom. The van der Waals surface area contributed by atoms with Gasteiger partial charge >= 0.3 is 0 Å². The molecule has 2 aromatic carbocycles. The van der Waals surface area contributed by atoms with E-state index >= 15 is 0 Å². The van der Waals surface area contributed by atoms with Crippen molar-refractivity contribution in [3.8, 4) is 0 Å². The lowest BCUT2D eigenvalue weighted by molar-refractivity contribution is -0.384. The van der Waals surface area contributed by atoms with Crippen molar-refractivity contribution in [3.05, 3.63) is 69.0 Å². The molecule has 0 aliphatic carbocycles. The van der Waals surface area contributed by atoms with Gasteiger partial charge in [0.15, 0.2) is 0 Å². The molecule has 2 aromatic rings. The van der Waals surface area contributed by atoms with E-state index in [2.05, 4.69) is 0 Å². The van der Waals surface area contributed by atoms with Crippen molar-refractivity contribution in [1.29, 1.82) is 0 Å². The topological polar surface area (TPSA) is 87.0 Å². The first-order valence-corrected chi connectivity index (χ1v) is 11.2. The number of para-hydroxylation sites is 2. The summed E-state index contributed by atoms with van der Waals surface area (Å²) in [7, 11) is 0. The molecule has 4 rings (SSSR count). The van der Waals surface area contributed by atoms with Crippen molar-refractivity contribution in [2.45, 2.75) is 12.8 Å². The second-order valence-electron chi connectivity index (χ2n) is 8.25. The molecule has 0 radical (unpaired) electrons. The number of nitro groups is 1. The number of piperazine rings is 1. The first kappa shape index (κ1) is 23.0. The highest BCUT2D eigenvalue weighted by molar-refractivity contribution is 6.33. The predicted octanol–water partition coefficient (Wildman–Crippen LogP) is 3.59. The zero-order valence-corrected chi connectivity index (χ0v) is 18.7. The van der Waals surface area contributed by atoms with Crippen LogP contribution in [0.1, 0.15) is 23.2 Å². The molecule has 0 unspecified atom stereocenters. The number of benzene rings is 2. The van der Waals surface area contributed by atoms with Crippen molar-refractivity contribution >= 4 is 34.8 Å². The van der Waals surface area contributed by atoms with E-state index in [0.29, 0.717) is 57.8 Å². The van der Waals surface area contributed by atoms with Gasteiger partial charge in [-0.25, -0.2) is 4.39 Å². The van der Waals surface area contributed by atoms with E-state index in [-0.39, 0.29) is 38.9 Å². The van der Waals surface area contributed by atoms with Gasteiger partial charge in [0.05, 0.1) is 15.5 Å². The van der Waals surface area contributed by atoms with Gasteiger partial charge in [-0.3, -0.25) is 19.7 Å². The molecule has 2 saturated heterocycles. The smallest absolute Gasteiger partial charge is 0.292 e. The van der Waals surface area contributed by atoms with Crippen LogP contribution in [0.25, 0.3) is 0 Å². The SMILES string of the molecule is O=C(c1ccc(F)cc1Cl)N1CCN(C(=O)C2CCN(c3ccccc3[N+](=O)[O-])CC2)CC1. The van der Waals surface area contributed by atoms with E-state index < -0.39 is 5.82 Å². The summed E-state index contributed by atoms with van der Waals surface area (Å²) < 4.78 is 13.3. The van der Waals surface area contributed by atoms with Gasteiger partial charge in [-0.2, -0.15) is 0 Å². The van der Waals surface area contributed by atoms with E-state index in [1.54, 1.807) is 28.0 Å². The zero-order chi connectivity index (χ0) is 23.5. The largest absolute Gasteiger partial charge is 0.366 e. The summed E-state index contributed by atoms with van der Waals surface area (Å²) in [4.78, 5) is 42.1. The summed E-state index contributed by atoms with van der Waals surface area (Å²) >= 11 is 6.01. The van der Waals surface area contributed by atoms with Crippen LogP contribution in [-0.4, -0.2) is 65.8 Å². The maximum Gasteiger partial charge on any atom is 0.292 e. The van der Waals surface area contributed by atoms with Gasteiger partial charge in [-0.1, -0.05) is 23.7 Å². The lowest BCUT2D eigenvalue weighted by Gasteiger charge is -2.39. The third kappa shape index (κ3) is 4.93. The Hall–Kier alpha value is -3.20. The molecule has 0 bridgehead atoms. The average Bonchev–Trinajstić information content (AvgIpc) is 2.83. The lowest BCUT2D eigenvalue weighted by Crippen LogP contribution is -2.53. The standard InChI is InChI=1S/C23H24ClFN4O4/c24-19-15-17(25)5-6-18(19)23(31)28-13-11-27(12-14-28)22(30)16-7-9-26(10-8-16)20-3-1-2-4-21(20)29(32)33/h1-6,15-16H,7-14H2. The molecule has 0 aromatic heterocycles. The fourth-order valence-electron chi connectivity index (χ4n) is 4.47. The highest BCUT2D eigenvalue weighted by Gasteiger charge is 2.33. The summed E-state index contributed by atoms with van der Waals surface area (Å²) in [6.07, 6.45) is 1.24. The Morgan fingerprint density at radius 1 is 0.970 bits per heavy atom. The van der Waals surface area contributed by atoms with Crippen LogP contribution in [0.4, 0.5) is 15.8 Å². The first-order valence-electron chi connectivity index (χ1n) is 10.9. The van der Waals surface area contributed by atoms with Crippen LogP contribution in [-0.2, 0) is 4.79 Å². The van der Waals surface area contributed by atoms with Gasteiger partial charge in [-0.15, -0.1) is 0 Å². The minimum atomic E-state index is -0.500. The number of halogens is 2. The Kier molecular flexibility index (Phi) is 6.78. The Morgan fingerprint density at radius 2 is 1.61 bits per heavy atom. The average molecular weight is 475 g/mol. The third-order valence-corrected chi connectivity index (χ3v) is 6.62. The number of carbonyl (C=O) groups excluding carboxylic acids is 2. The van der Waals surface area contributed by atoms with Crippen molar-refractivity contribution in [2.24, 2.45) is 5.92 Å². The van der Waals surface area contributed by atoms with E-state index in [1.807, 2.05) is 4.90 Å². The molecule has 2 amide bonds. The van der Waals surface area contributed by atoms with Crippen molar-refractivity contribution < 1.29 is 18.9 Å². The molecule has 0 atom stereocenters. The minimum Gasteiger partial charge on any atom is -0.366 e. The molecular weight excluding hydrogens is 451 g/mol. The molecule has 2 heterocycles. The molecule has 10 heteroatoms. The molecule has 33 heavy (non-hydrogen) atoms. The van der Waals surface area contributed by atoms with Crippen molar-refractivity contribution in [2.75, 3.05) is 44.2 Å². The number of carbonyl (C=O) groups is 2. The van der Waals surface area contributed by atoms with Crippen molar-refractivity contribution in [1.82, 2.24) is 9.80 Å². The monoisotopic (exact) mass is 474 g/mol. The van der Waals surface area contributed by atoms with Crippen molar-refractivity contribution in [3.63, 3.8) is 0 Å². The van der Waals surface area contributed by atoms with Gasteiger partial charge < -0.3 is 14.7 Å². The van der Waals surface area contributed by atoms with Crippen LogP contribution >= 0.6 is 11.6 Å². The lowest BCUT2D eigenvalue weighted by atomic mass is 9.94. The quantitative estimate of drug-likeness (QED) is 0.499. The maximum atomic E-state index is 13.3. The molecule has 174 valence electrons. The summed E-state index contributed by atoms with van der Waals surface area (Å²) in [6.45, 7) is 2.76. The number of nitrogens with zero attached hydrogens (tertiary/aromatic N) is 4. The number of rotatable bonds is 4. The van der Waals surface area contributed by atoms with Crippen LogP contribution in [0.3, 0.4) is 0 Å². The fourth-order valence-corrected chi connectivity index (χ4v) is 4.72. The van der Waals surface area contributed by atoms with Gasteiger partial charge in [0.2, 0.25) is 5.91 Å². The molecule has 0 spiro atoms. The van der Waals surface area contributed by atoms with Crippen LogP contribution in [0.2, 0.25) is 5.02 Å². The number of nitro benzene ring substituents is 1. The molecule has 2 aliphatic heterocycles. The van der Waals surface area contributed by atoms with Gasteiger partial charge in [0.25, 0.3) is 11.6 Å². The molecule has 0 saturated carbocycles. The highest BCUT2D eigenvalue weighted by Crippen LogP contribution is 2.31. The van der Waals surface area contributed by atoms with Crippen LogP contribution in [0.15, 0.2) is 42.5 Å². The summed E-state index contributed by atoms with van der Waals surface area (Å²) in [5, 5.41) is 11.4. The number of hydrogen-bond donors (Lipinski definition) is 0. The first-order chi connectivity index (χ1) is 15.8. The minimum absolute atomic E-state index is 0.0594. The van der Waals surface area contributed by atoms with Crippen LogP contribution in [0, 0.1) is 21.8 Å². The Bertz CT molecular complexity index is 1070. The molecular formula is C23H24ClFN4O4. The van der Waals surface area contributed by atoms with E-state index in [1.165, 1.54) is 18.2 Å². The van der Waals surface area contributed by atoms with Gasteiger partial charge in [0.1, 0.15) is 11.5 Å². The number of piperidine rings is 1. The third-order valence-electron chi connectivity index (χ3n) is 6.30. The number of hydrogen-bond acceptors (Lipinski definition) is 5. The fraction of sp³-hybridized carbons (Fsp3) is 0.391. The second-order valence-corrected chi connectivity index (χ2v) is 8.66. The highest BCUT2D eigenvalue weighted by atomic mass is 35.5. The summed E-state index contributed by atoms with van der Waals surface area (Å²) in [6, 6.07) is 10.4. The number of anilines is 1. The van der Waals surface area contributed by atoms with Crippen LogP contribution < -0.4 is 4.90 Å².